The fraction of sp³-hybridized carbons (Fsp3) is 0.333. The van der Waals surface area contributed by atoms with Crippen LogP contribution < -0.4 is 5.32 Å². The zero-order chi connectivity index (χ0) is 12.3. The van der Waals surface area contributed by atoms with Gasteiger partial charge in [0.2, 0.25) is 0 Å². The van der Waals surface area contributed by atoms with Gasteiger partial charge in [0.1, 0.15) is 0 Å². The van der Waals surface area contributed by atoms with Gasteiger partial charge in [0.15, 0.2) is 0 Å². The third kappa shape index (κ3) is 2.59. The molecule has 0 saturated carbocycles. The number of nitrogens with one attached hydrogen (secondary N) is 1. The van der Waals surface area contributed by atoms with Gasteiger partial charge in [-0.3, -0.25) is 0 Å². The van der Waals surface area contributed by atoms with Crippen molar-refractivity contribution in [2.24, 2.45) is 0 Å². The average molecular weight is 245 g/mol. The predicted molar refractivity (Wildman–Crippen MR) is 75.8 cm³/mol. The second-order valence-electron chi connectivity index (χ2n) is 4.25. The maximum absolute atomic E-state index is 3.41. The lowest BCUT2D eigenvalue weighted by atomic mass is 9.98. The lowest BCUT2D eigenvalue weighted by Crippen LogP contribution is -2.17. The highest BCUT2D eigenvalue weighted by Crippen LogP contribution is 2.28. The van der Waals surface area contributed by atoms with Crippen LogP contribution in [0.3, 0.4) is 0 Å². The molecule has 0 spiro atoms. The van der Waals surface area contributed by atoms with E-state index in [0.29, 0.717) is 6.04 Å². The molecule has 1 atom stereocenters. The maximum Gasteiger partial charge on any atom is 0.0585 e. The Hall–Kier alpha value is -1.12. The molecule has 1 aromatic carbocycles. The normalized spacial score (nSPS) is 12.6. The fourth-order valence-corrected chi connectivity index (χ4v) is 2.88. The molecule has 0 aliphatic heterocycles. The van der Waals surface area contributed by atoms with E-state index < -0.39 is 0 Å². The summed E-state index contributed by atoms with van der Waals surface area (Å²) in [5.74, 6) is 0. The lowest BCUT2D eigenvalue weighted by Gasteiger charge is -2.17. The summed E-state index contributed by atoms with van der Waals surface area (Å²) in [6.45, 7) is 4.37. The first-order valence-corrected chi connectivity index (χ1v) is 6.94. The van der Waals surface area contributed by atoms with Gasteiger partial charge in [-0.25, -0.2) is 0 Å². The molecule has 1 N–H and O–H groups in total. The van der Waals surface area contributed by atoms with Gasteiger partial charge in [-0.2, -0.15) is 0 Å². The van der Waals surface area contributed by atoms with Crippen molar-refractivity contribution in [3.8, 4) is 0 Å². The summed E-state index contributed by atoms with van der Waals surface area (Å²) in [5, 5.41) is 5.57. The largest absolute Gasteiger partial charge is 0.309 e. The Kier molecular flexibility index (Phi) is 3.97. The highest BCUT2D eigenvalue weighted by Gasteiger charge is 2.14. The van der Waals surface area contributed by atoms with Crippen molar-refractivity contribution < 1.29 is 0 Å². The minimum Gasteiger partial charge on any atom is -0.309 e. The molecule has 0 fully saturated rings. The smallest absolute Gasteiger partial charge is 0.0585 e. The summed E-state index contributed by atoms with van der Waals surface area (Å²) >= 11 is 1.81. The number of hydrogen-bond donors (Lipinski definition) is 1. The zero-order valence-electron chi connectivity index (χ0n) is 10.7. The molecule has 0 bridgehead atoms. The van der Waals surface area contributed by atoms with E-state index in [1.54, 1.807) is 0 Å². The standard InChI is InChI=1S/C15H19NS/c1-4-12-5-7-13(8-6-12)15(16-3)14-9-10-17-11(14)2/h5-10,15-16H,4H2,1-3H3. The van der Waals surface area contributed by atoms with Crippen LogP contribution in [0.5, 0.6) is 0 Å². The summed E-state index contributed by atoms with van der Waals surface area (Å²) in [4.78, 5) is 1.39. The molecular formula is C15H19NS. The summed E-state index contributed by atoms with van der Waals surface area (Å²) in [7, 11) is 2.02. The molecule has 2 heteroatoms. The molecule has 2 rings (SSSR count). The zero-order valence-corrected chi connectivity index (χ0v) is 11.5. The maximum atomic E-state index is 3.41. The van der Waals surface area contributed by atoms with Crippen LogP contribution in [0.25, 0.3) is 0 Å². The Morgan fingerprint density at radius 3 is 2.35 bits per heavy atom. The first-order chi connectivity index (χ1) is 8.26. The molecule has 2 aromatic rings. The Labute approximate surface area is 108 Å². The number of thiophene rings is 1. The van der Waals surface area contributed by atoms with Crippen LogP contribution in [0.1, 0.15) is 34.5 Å². The number of aryl methyl sites for hydroxylation is 2. The van der Waals surface area contributed by atoms with E-state index in [0.717, 1.165) is 6.42 Å². The van der Waals surface area contributed by atoms with E-state index in [2.05, 4.69) is 54.9 Å². The van der Waals surface area contributed by atoms with E-state index >= 15 is 0 Å². The van der Waals surface area contributed by atoms with E-state index in [4.69, 9.17) is 0 Å². The van der Waals surface area contributed by atoms with Crippen LogP contribution in [0.4, 0.5) is 0 Å². The van der Waals surface area contributed by atoms with Gasteiger partial charge in [-0.05, 0) is 48.5 Å². The SMILES string of the molecule is CCc1ccc(C(NC)c2ccsc2C)cc1. The molecule has 90 valence electrons. The van der Waals surface area contributed by atoms with Crippen LogP contribution in [-0.4, -0.2) is 7.05 Å². The Morgan fingerprint density at radius 2 is 1.88 bits per heavy atom. The average Bonchev–Trinajstić information content (AvgIpc) is 2.78. The number of rotatable bonds is 4. The molecule has 0 amide bonds. The quantitative estimate of drug-likeness (QED) is 0.860. The topological polar surface area (TPSA) is 12.0 Å². The summed E-state index contributed by atoms with van der Waals surface area (Å²) < 4.78 is 0. The minimum atomic E-state index is 0.312. The minimum absolute atomic E-state index is 0.312. The molecule has 0 aliphatic rings. The molecule has 1 aromatic heterocycles. The van der Waals surface area contributed by atoms with Crippen molar-refractivity contribution >= 4 is 11.3 Å². The summed E-state index contributed by atoms with van der Waals surface area (Å²) in [5.41, 5.74) is 4.12. The highest BCUT2D eigenvalue weighted by atomic mass is 32.1. The molecule has 17 heavy (non-hydrogen) atoms. The predicted octanol–water partition coefficient (Wildman–Crippen LogP) is 3.93. The molecule has 0 saturated heterocycles. The Balaban J connectivity index is 2.32. The Morgan fingerprint density at radius 1 is 1.18 bits per heavy atom. The molecule has 1 nitrogen and oxygen atoms in total. The van der Waals surface area contributed by atoms with E-state index in [1.165, 1.54) is 21.6 Å². The van der Waals surface area contributed by atoms with Crippen molar-refractivity contribution in [3.63, 3.8) is 0 Å². The molecule has 0 aliphatic carbocycles. The van der Waals surface area contributed by atoms with E-state index in [1.807, 2.05) is 18.4 Å². The van der Waals surface area contributed by atoms with Crippen molar-refractivity contribution in [2.75, 3.05) is 7.05 Å². The van der Waals surface area contributed by atoms with E-state index in [-0.39, 0.29) is 0 Å². The molecule has 1 heterocycles. The van der Waals surface area contributed by atoms with Gasteiger partial charge in [0.25, 0.3) is 0 Å². The van der Waals surface area contributed by atoms with Gasteiger partial charge in [0, 0.05) is 4.88 Å². The van der Waals surface area contributed by atoms with Crippen LogP contribution in [0, 0.1) is 6.92 Å². The monoisotopic (exact) mass is 245 g/mol. The molecular weight excluding hydrogens is 226 g/mol. The van der Waals surface area contributed by atoms with Crippen molar-refractivity contribution in [1.29, 1.82) is 0 Å². The van der Waals surface area contributed by atoms with Crippen molar-refractivity contribution in [1.82, 2.24) is 5.32 Å². The third-order valence-corrected chi connectivity index (χ3v) is 4.08. The van der Waals surface area contributed by atoms with Gasteiger partial charge in [0.05, 0.1) is 6.04 Å². The van der Waals surface area contributed by atoms with Crippen LogP contribution in [0.15, 0.2) is 35.7 Å². The first kappa shape index (κ1) is 12.3. The number of hydrogen-bond acceptors (Lipinski definition) is 2. The molecule has 1 unspecified atom stereocenters. The van der Waals surface area contributed by atoms with Gasteiger partial charge >= 0.3 is 0 Å². The highest BCUT2D eigenvalue weighted by molar-refractivity contribution is 7.10. The first-order valence-electron chi connectivity index (χ1n) is 6.06. The van der Waals surface area contributed by atoms with Crippen LogP contribution >= 0.6 is 11.3 Å². The molecule has 0 radical (unpaired) electrons. The summed E-state index contributed by atoms with van der Waals surface area (Å²) in [6, 6.07) is 11.4. The van der Waals surface area contributed by atoms with E-state index in [9.17, 15) is 0 Å². The van der Waals surface area contributed by atoms with Crippen LogP contribution in [-0.2, 0) is 6.42 Å². The summed E-state index contributed by atoms with van der Waals surface area (Å²) in [6.07, 6.45) is 1.10. The van der Waals surface area contributed by atoms with Crippen molar-refractivity contribution in [2.45, 2.75) is 26.3 Å². The van der Waals surface area contributed by atoms with Crippen molar-refractivity contribution in [3.05, 3.63) is 57.3 Å². The van der Waals surface area contributed by atoms with Gasteiger partial charge < -0.3 is 5.32 Å². The second kappa shape index (κ2) is 5.48. The Bertz CT molecular complexity index is 470. The third-order valence-electron chi connectivity index (χ3n) is 3.22. The second-order valence-corrected chi connectivity index (χ2v) is 5.37. The van der Waals surface area contributed by atoms with Gasteiger partial charge in [-0.15, -0.1) is 11.3 Å². The number of benzene rings is 1. The van der Waals surface area contributed by atoms with Gasteiger partial charge in [-0.1, -0.05) is 31.2 Å². The lowest BCUT2D eigenvalue weighted by molar-refractivity contribution is 0.690. The fourth-order valence-electron chi connectivity index (χ4n) is 2.14. The van der Waals surface area contributed by atoms with Crippen LogP contribution in [0.2, 0.25) is 0 Å².